The summed E-state index contributed by atoms with van der Waals surface area (Å²) in [6.07, 6.45) is 2.93. The van der Waals surface area contributed by atoms with E-state index >= 15 is 0 Å². The highest BCUT2D eigenvalue weighted by molar-refractivity contribution is 4.83. The van der Waals surface area contributed by atoms with E-state index in [2.05, 4.69) is 0 Å². The van der Waals surface area contributed by atoms with Crippen LogP contribution >= 0.6 is 0 Å². The first-order valence-corrected chi connectivity index (χ1v) is 6.64. The monoisotopic (exact) mass is 263 g/mol. The van der Waals surface area contributed by atoms with Crippen molar-refractivity contribution < 1.29 is 14.6 Å². The van der Waals surface area contributed by atoms with Gasteiger partial charge in [0.25, 0.3) is 0 Å². The van der Waals surface area contributed by atoms with Gasteiger partial charge in [0.05, 0.1) is 6.61 Å². The van der Waals surface area contributed by atoms with E-state index in [0.717, 1.165) is 12.8 Å². The second-order valence-corrected chi connectivity index (χ2v) is 4.53. The summed E-state index contributed by atoms with van der Waals surface area (Å²) in [5, 5.41) is 9.31. The molecule has 0 radical (unpaired) electrons. The van der Waals surface area contributed by atoms with Gasteiger partial charge in [-0.3, -0.25) is 0 Å². The van der Waals surface area contributed by atoms with Crippen molar-refractivity contribution in [3.05, 3.63) is 0 Å². The molecule has 0 spiro atoms. The van der Waals surface area contributed by atoms with E-state index in [0.29, 0.717) is 52.4 Å². The number of hydrogen-bond acceptors (Lipinski definition) is 6. The third kappa shape index (κ3) is 9.76. The molecule has 0 fully saturated rings. The van der Waals surface area contributed by atoms with Crippen LogP contribution in [-0.4, -0.2) is 56.8 Å². The lowest BCUT2D eigenvalue weighted by Crippen LogP contribution is -2.45. The minimum Gasteiger partial charge on any atom is -0.394 e. The van der Waals surface area contributed by atoms with Crippen LogP contribution in [0.5, 0.6) is 0 Å². The molecule has 0 aliphatic rings. The number of rotatable bonds is 13. The van der Waals surface area contributed by atoms with E-state index in [4.69, 9.17) is 26.7 Å². The van der Waals surface area contributed by atoms with Crippen LogP contribution in [0.3, 0.4) is 0 Å². The van der Waals surface area contributed by atoms with Gasteiger partial charge in [-0.25, -0.2) is 0 Å². The Labute approximate surface area is 110 Å². The highest BCUT2D eigenvalue weighted by Gasteiger charge is 2.23. The van der Waals surface area contributed by atoms with Gasteiger partial charge in [0.15, 0.2) is 0 Å². The molecule has 0 aliphatic carbocycles. The normalized spacial score (nSPS) is 12.0. The smallest absolute Gasteiger partial charge is 0.0612 e. The Kier molecular flexibility index (Phi) is 11.7. The zero-order valence-corrected chi connectivity index (χ0v) is 11.3. The summed E-state index contributed by atoms with van der Waals surface area (Å²) in [4.78, 5) is 0. The predicted molar refractivity (Wildman–Crippen MR) is 72.2 cm³/mol. The molecule has 6 heteroatoms. The second-order valence-electron chi connectivity index (χ2n) is 4.53. The molecule has 0 aromatic rings. The quantitative estimate of drug-likeness (QED) is 0.323. The van der Waals surface area contributed by atoms with Crippen LogP contribution in [0, 0.1) is 0 Å². The maximum atomic E-state index is 9.31. The van der Waals surface area contributed by atoms with Gasteiger partial charge < -0.3 is 31.8 Å². The Hall–Kier alpha value is -0.240. The average Bonchev–Trinajstić information content (AvgIpc) is 2.38. The molecule has 0 aromatic carbocycles. The Morgan fingerprint density at radius 1 is 0.833 bits per heavy atom. The van der Waals surface area contributed by atoms with Gasteiger partial charge in [0.1, 0.15) is 0 Å². The summed E-state index contributed by atoms with van der Waals surface area (Å²) < 4.78 is 10.8. The van der Waals surface area contributed by atoms with Gasteiger partial charge >= 0.3 is 0 Å². The fraction of sp³-hybridized carbons (Fsp3) is 1.00. The molecule has 7 N–H and O–H groups in total. The van der Waals surface area contributed by atoms with Crippen molar-refractivity contribution in [3.63, 3.8) is 0 Å². The van der Waals surface area contributed by atoms with Crippen molar-refractivity contribution in [2.45, 2.75) is 31.2 Å². The largest absolute Gasteiger partial charge is 0.394 e. The molecule has 0 amide bonds. The summed E-state index contributed by atoms with van der Waals surface area (Å²) in [6, 6.07) is 0. The van der Waals surface area contributed by atoms with Crippen molar-refractivity contribution in [1.82, 2.24) is 0 Å². The Morgan fingerprint density at radius 3 is 1.61 bits per heavy atom. The first-order valence-electron chi connectivity index (χ1n) is 6.64. The van der Waals surface area contributed by atoms with E-state index in [1.807, 2.05) is 0 Å². The van der Waals surface area contributed by atoms with Gasteiger partial charge in [-0.2, -0.15) is 0 Å². The third-order valence-electron chi connectivity index (χ3n) is 2.79. The molecule has 0 bridgehead atoms. The molecular weight excluding hydrogens is 234 g/mol. The minimum atomic E-state index is -0.620. The van der Waals surface area contributed by atoms with Gasteiger partial charge in [-0.1, -0.05) is 0 Å². The lowest BCUT2D eigenvalue weighted by atomic mass is 9.94. The summed E-state index contributed by atoms with van der Waals surface area (Å²) in [7, 11) is 0. The number of hydrogen-bond donors (Lipinski definition) is 4. The van der Waals surface area contributed by atoms with Gasteiger partial charge in [0.2, 0.25) is 0 Å². The zero-order chi connectivity index (χ0) is 13.7. The van der Waals surface area contributed by atoms with Crippen LogP contribution < -0.4 is 17.2 Å². The van der Waals surface area contributed by atoms with E-state index in [9.17, 15) is 5.11 Å². The molecule has 0 unspecified atom stereocenters. The maximum Gasteiger partial charge on any atom is 0.0612 e. The number of nitrogens with two attached hydrogens (primary N) is 3. The average molecular weight is 263 g/mol. The lowest BCUT2D eigenvalue weighted by Gasteiger charge is -2.27. The Bertz CT molecular complexity index is 168. The summed E-state index contributed by atoms with van der Waals surface area (Å²) in [5.74, 6) is 0. The second kappa shape index (κ2) is 11.8. The third-order valence-corrected chi connectivity index (χ3v) is 2.79. The zero-order valence-electron chi connectivity index (χ0n) is 11.3. The fourth-order valence-corrected chi connectivity index (χ4v) is 1.41. The van der Waals surface area contributed by atoms with Crippen molar-refractivity contribution in [3.8, 4) is 0 Å². The summed E-state index contributed by atoms with van der Waals surface area (Å²) in [6.45, 7) is 3.56. The first kappa shape index (κ1) is 17.8. The Morgan fingerprint density at radius 2 is 1.28 bits per heavy atom. The van der Waals surface area contributed by atoms with Crippen LogP contribution in [0.25, 0.3) is 0 Å². The number of aliphatic hydroxyl groups is 1. The highest BCUT2D eigenvalue weighted by Crippen LogP contribution is 2.12. The lowest BCUT2D eigenvalue weighted by molar-refractivity contribution is 0.0647. The molecule has 6 nitrogen and oxygen atoms in total. The fourth-order valence-electron chi connectivity index (χ4n) is 1.41. The molecule has 0 aliphatic heterocycles. The molecule has 0 aromatic heterocycles. The molecule has 0 atom stereocenters. The van der Waals surface area contributed by atoms with Crippen LogP contribution in [0.15, 0.2) is 0 Å². The van der Waals surface area contributed by atoms with Crippen LogP contribution in [0.1, 0.15) is 25.7 Å². The van der Waals surface area contributed by atoms with Gasteiger partial charge in [-0.05, 0) is 38.8 Å². The molecule has 0 rings (SSSR count). The van der Waals surface area contributed by atoms with Crippen molar-refractivity contribution in [2.75, 3.05) is 46.1 Å². The first-order chi connectivity index (χ1) is 8.68. The molecular formula is C12H29N3O3. The molecule has 0 saturated heterocycles. The molecule has 110 valence electrons. The topological polar surface area (TPSA) is 117 Å². The van der Waals surface area contributed by atoms with Gasteiger partial charge in [0, 0.05) is 32.0 Å². The number of aliphatic hydroxyl groups excluding tert-OH is 1. The van der Waals surface area contributed by atoms with Crippen LogP contribution in [0.4, 0.5) is 0 Å². The standard InChI is InChI=1S/C12H29N3O3/c13-5-1-7-17-9-3-12(15,11-16)4-10-18-8-2-6-14/h16H,1-11,13-15H2. The molecule has 0 heterocycles. The SMILES string of the molecule is NCCCOCCC(N)(CO)CCOCCCN. The van der Waals surface area contributed by atoms with Crippen LogP contribution in [-0.2, 0) is 9.47 Å². The van der Waals surface area contributed by atoms with E-state index in [-0.39, 0.29) is 6.61 Å². The van der Waals surface area contributed by atoms with Crippen LogP contribution in [0.2, 0.25) is 0 Å². The van der Waals surface area contributed by atoms with Crippen molar-refractivity contribution in [1.29, 1.82) is 0 Å². The molecule has 18 heavy (non-hydrogen) atoms. The highest BCUT2D eigenvalue weighted by atomic mass is 16.5. The number of ether oxygens (including phenoxy) is 2. The van der Waals surface area contributed by atoms with Crippen molar-refractivity contribution >= 4 is 0 Å². The van der Waals surface area contributed by atoms with E-state index in [1.54, 1.807) is 0 Å². The minimum absolute atomic E-state index is 0.0620. The summed E-state index contributed by atoms with van der Waals surface area (Å²) >= 11 is 0. The molecule has 0 saturated carbocycles. The van der Waals surface area contributed by atoms with E-state index in [1.165, 1.54) is 0 Å². The maximum absolute atomic E-state index is 9.31. The van der Waals surface area contributed by atoms with Crippen molar-refractivity contribution in [2.24, 2.45) is 17.2 Å². The Balaban J connectivity index is 3.60. The predicted octanol–water partition coefficient (Wildman–Crippen LogP) is -0.813. The van der Waals surface area contributed by atoms with E-state index < -0.39 is 5.54 Å². The van der Waals surface area contributed by atoms with Gasteiger partial charge in [-0.15, -0.1) is 0 Å². The summed E-state index contributed by atoms with van der Waals surface area (Å²) in [5.41, 5.74) is 16.2.